The van der Waals surface area contributed by atoms with Gasteiger partial charge in [0.15, 0.2) is 0 Å². The van der Waals surface area contributed by atoms with Crippen molar-refractivity contribution in [2.45, 2.75) is 27.3 Å². The van der Waals surface area contributed by atoms with Crippen molar-refractivity contribution in [2.24, 2.45) is 0 Å². The molecule has 0 fully saturated rings. The molecule has 2 aromatic carbocycles. The maximum atomic E-state index is 12.8. The van der Waals surface area contributed by atoms with Gasteiger partial charge in [-0.2, -0.15) is 0 Å². The maximum absolute atomic E-state index is 12.8. The van der Waals surface area contributed by atoms with Crippen LogP contribution in [0.3, 0.4) is 0 Å². The summed E-state index contributed by atoms with van der Waals surface area (Å²) in [5, 5.41) is 3.37. The summed E-state index contributed by atoms with van der Waals surface area (Å²) in [6.45, 7) is 5.30. The summed E-state index contributed by atoms with van der Waals surface area (Å²) in [6, 6.07) is 14.6. The van der Waals surface area contributed by atoms with Crippen LogP contribution in [0.4, 0.5) is 5.69 Å². The Morgan fingerprint density at radius 2 is 1.85 bits per heavy atom. The average molecular weight is 382 g/mol. The van der Waals surface area contributed by atoms with Gasteiger partial charge in [0.1, 0.15) is 12.4 Å². The summed E-state index contributed by atoms with van der Waals surface area (Å²) in [6.07, 6.45) is 0. The van der Waals surface area contributed by atoms with E-state index < -0.39 is 0 Å². The fourth-order valence-electron chi connectivity index (χ4n) is 2.82. The molecule has 0 aliphatic rings. The van der Waals surface area contributed by atoms with Gasteiger partial charge < -0.3 is 5.32 Å². The maximum Gasteiger partial charge on any atom is 0.257 e. The lowest BCUT2D eigenvalue weighted by Crippen LogP contribution is -2.31. The molecule has 27 heavy (non-hydrogen) atoms. The monoisotopic (exact) mass is 381 g/mol. The van der Waals surface area contributed by atoms with Gasteiger partial charge in [-0.3, -0.25) is 14.2 Å². The molecule has 3 rings (SSSR count). The van der Waals surface area contributed by atoms with Crippen LogP contribution in [0, 0.1) is 20.8 Å². The van der Waals surface area contributed by atoms with Crippen molar-refractivity contribution in [1.82, 2.24) is 9.55 Å². The van der Waals surface area contributed by atoms with Crippen molar-refractivity contribution >= 4 is 23.2 Å². The van der Waals surface area contributed by atoms with Crippen molar-refractivity contribution in [3.05, 3.63) is 80.7 Å². The van der Waals surface area contributed by atoms with Crippen molar-refractivity contribution in [3.63, 3.8) is 0 Å². The van der Waals surface area contributed by atoms with E-state index in [0.29, 0.717) is 33.4 Å². The molecule has 1 aromatic heterocycles. The second kappa shape index (κ2) is 7.76. The van der Waals surface area contributed by atoms with Crippen LogP contribution in [0.5, 0.6) is 0 Å². The van der Waals surface area contributed by atoms with E-state index in [-0.39, 0.29) is 18.0 Å². The molecule has 0 radical (unpaired) electrons. The molecule has 0 saturated carbocycles. The number of aromatic nitrogens is 2. The highest BCUT2D eigenvalue weighted by molar-refractivity contribution is 6.30. The molecule has 3 aromatic rings. The molecule has 6 heteroatoms. The van der Waals surface area contributed by atoms with Gasteiger partial charge in [-0.1, -0.05) is 35.9 Å². The van der Waals surface area contributed by atoms with E-state index in [4.69, 9.17) is 11.6 Å². The molecule has 0 saturated heterocycles. The number of aryl methyl sites for hydroxylation is 2. The van der Waals surface area contributed by atoms with Gasteiger partial charge in [0.2, 0.25) is 5.91 Å². The Morgan fingerprint density at radius 3 is 2.56 bits per heavy atom. The quantitative estimate of drug-likeness (QED) is 0.739. The number of rotatable bonds is 4. The number of benzene rings is 2. The Bertz CT molecular complexity index is 1070. The summed E-state index contributed by atoms with van der Waals surface area (Å²) in [5.74, 6) is 0.126. The minimum Gasteiger partial charge on any atom is -0.325 e. The van der Waals surface area contributed by atoms with Crippen LogP contribution in [-0.4, -0.2) is 15.5 Å². The van der Waals surface area contributed by atoms with E-state index in [0.717, 1.165) is 5.56 Å². The zero-order valence-electron chi connectivity index (χ0n) is 15.4. The molecule has 0 aliphatic heterocycles. The van der Waals surface area contributed by atoms with E-state index in [1.54, 1.807) is 32.0 Å². The third-order valence-electron chi connectivity index (χ3n) is 4.32. The van der Waals surface area contributed by atoms with Crippen molar-refractivity contribution in [2.75, 3.05) is 5.32 Å². The second-order valence-corrected chi connectivity index (χ2v) is 6.90. The molecule has 1 amide bonds. The van der Waals surface area contributed by atoms with Crippen LogP contribution in [0.1, 0.15) is 16.8 Å². The summed E-state index contributed by atoms with van der Waals surface area (Å²) in [5.41, 5.74) is 3.32. The van der Waals surface area contributed by atoms with Crippen LogP contribution in [0.25, 0.3) is 11.4 Å². The third-order valence-corrected chi connectivity index (χ3v) is 4.56. The molecule has 0 aliphatic carbocycles. The van der Waals surface area contributed by atoms with Gasteiger partial charge in [0, 0.05) is 27.5 Å². The molecule has 1 heterocycles. The minimum atomic E-state index is -0.295. The zero-order chi connectivity index (χ0) is 19.6. The molecule has 138 valence electrons. The molecule has 0 atom stereocenters. The predicted molar refractivity (Wildman–Crippen MR) is 108 cm³/mol. The van der Waals surface area contributed by atoms with Gasteiger partial charge in [-0.05, 0) is 50.6 Å². The first-order chi connectivity index (χ1) is 12.8. The van der Waals surface area contributed by atoms with Crippen LogP contribution in [0.2, 0.25) is 5.02 Å². The van der Waals surface area contributed by atoms with Gasteiger partial charge >= 0.3 is 0 Å². The average Bonchev–Trinajstić information content (AvgIpc) is 2.62. The normalized spacial score (nSPS) is 10.7. The van der Waals surface area contributed by atoms with Gasteiger partial charge in [0.05, 0.1) is 0 Å². The number of amides is 1. The lowest BCUT2D eigenvalue weighted by molar-refractivity contribution is -0.116. The fraction of sp³-hybridized carbons (Fsp3) is 0.190. The Labute approximate surface area is 162 Å². The number of nitrogens with one attached hydrogen (secondary N) is 1. The second-order valence-electron chi connectivity index (χ2n) is 6.47. The van der Waals surface area contributed by atoms with Crippen molar-refractivity contribution < 1.29 is 4.79 Å². The SMILES string of the molecule is Cc1cccc(NC(=O)Cn2c(-c3cccc(Cl)c3)nc(C)c(C)c2=O)c1. The summed E-state index contributed by atoms with van der Waals surface area (Å²) < 4.78 is 1.39. The standard InChI is InChI=1S/C21H20ClN3O2/c1-13-6-4-9-18(10-13)24-19(26)12-25-20(16-7-5-8-17(22)11-16)23-15(3)14(2)21(25)27/h4-11H,12H2,1-3H3,(H,24,26). The third kappa shape index (κ3) is 4.26. The van der Waals surface area contributed by atoms with Crippen molar-refractivity contribution in [1.29, 1.82) is 0 Å². The van der Waals surface area contributed by atoms with Crippen LogP contribution < -0.4 is 10.9 Å². The first-order valence-electron chi connectivity index (χ1n) is 8.55. The van der Waals surface area contributed by atoms with E-state index in [1.165, 1.54) is 4.57 Å². The number of hydrogen-bond donors (Lipinski definition) is 1. The highest BCUT2D eigenvalue weighted by Gasteiger charge is 2.16. The highest BCUT2D eigenvalue weighted by Crippen LogP contribution is 2.21. The Hall–Kier alpha value is -2.92. The number of anilines is 1. The molecule has 0 spiro atoms. The fourth-order valence-corrected chi connectivity index (χ4v) is 3.01. The van der Waals surface area contributed by atoms with Gasteiger partial charge in [-0.25, -0.2) is 4.98 Å². The minimum absolute atomic E-state index is 0.136. The lowest BCUT2D eigenvalue weighted by Gasteiger charge is -2.15. The molecular formula is C21H20ClN3O2. The van der Waals surface area contributed by atoms with E-state index in [9.17, 15) is 9.59 Å². The molecule has 5 nitrogen and oxygen atoms in total. The molecule has 1 N–H and O–H groups in total. The Balaban J connectivity index is 2.00. The van der Waals surface area contributed by atoms with Crippen LogP contribution in [-0.2, 0) is 11.3 Å². The number of halogens is 1. The summed E-state index contributed by atoms with van der Waals surface area (Å²) in [4.78, 5) is 29.9. The van der Waals surface area contributed by atoms with Crippen LogP contribution in [0.15, 0.2) is 53.3 Å². The van der Waals surface area contributed by atoms with E-state index in [1.807, 2.05) is 37.3 Å². The number of hydrogen-bond acceptors (Lipinski definition) is 3. The molecule has 0 unspecified atom stereocenters. The summed E-state index contributed by atoms with van der Waals surface area (Å²) in [7, 11) is 0. The topological polar surface area (TPSA) is 64.0 Å². The Morgan fingerprint density at radius 1 is 1.11 bits per heavy atom. The van der Waals surface area contributed by atoms with Crippen molar-refractivity contribution in [3.8, 4) is 11.4 Å². The largest absolute Gasteiger partial charge is 0.325 e. The van der Waals surface area contributed by atoms with Gasteiger partial charge in [-0.15, -0.1) is 0 Å². The number of nitrogens with zero attached hydrogens (tertiary/aromatic N) is 2. The smallest absolute Gasteiger partial charge is 0.257 e. The van der Waals surface area contributed by atoms with E-state index >= 15 is 0 Å². The zero-order valence-corrected chi connectivity index (χ0v) is 16.2. The van der Waals surface area contributed by atoms with Gasteiger partial charge in [0.25, 0.3) is 5.56 Å². The predicted octanol–water partition coefficient (Wildman–Crippen LogP) is 4.13. The molecular weight excluding hydrogens is 362 g/mol. The molecule has 0 bridgehead atoms. The first kappa shape index (κ1) is 18.9. The summed E-state index contributed by atoms with van der Waals surface area (Å²) >= 11 is 6.09. The van der Waals surface area contributed by atoms with Crippen LogP contribution >= 0.6 is 11.6 Å². The lowest BCUT2D eigenvalue weighted by atomic mass is 10.1. The van der Waals surface area contributed by atoms with E-state index in [2.05, 4.69) is 10.3 Å². The number of carbonyl (C=O) groups is 1. The highest BCUT2D eigenvalue weighted by atomic mass is 35.5. The Kier molecular flexibility index (Phi) is 5.42. The first-order valence-corrected chi connectivity index (χ1v) is 8.93. The number of carbonyl (C=O) groups excluding carboxylic acids is 1.